The Hall–Kier alpha value is -4.30. The molecule has 0 atom stereocenters. The minimum absolute atomic E-state index is 0.00522. The van der Waals surface area contributed by atoms with E-state index in [1.807, 2.05) is 13.8 Å². The third-order valence-corrected chi connectivity index (χ3v) is 10.5. The molecule has 2 aliphatic carbocycles. The van der Waals surface area contributed by atoms with Gasteiger partial charge in [-0.05, 0) is 129 Å². The second kappa shape index (κ2) is 15.1. The lowest BCUT2D eigenvalue weighted by Crippen LogP contribution is -2.29. The van der Waals surface area contributed by atoms with Crippen LogP contribution < -0.4 is 9.47 Å². The molecular formula is C47H58O2. The van der Waals surface area contributed by atoms with Crippen LogP contribution in [0.1, 0.15) is 110 Å². The molecule has 0 radical (unpaired) electrons. The SMILES string of the molecule is C=C(/C(C)=C\C(=C\C)C(C)(C)CC)c1ccc2c(c1)C(c1ccc(OC)cc1)(c1ccc(OC)cc1)C1=CC(C(C)(C)C)=CCC=C12.CC. The van der Waals surface area contributed by atoms with Gasteiger partial charge >= 0.3 is 0 Å². The quantitative estimate of drug-likeness (QED) is 0.214. The van der Waals surface area contributed by atoms with Crippen LogP contribution in [0.2, 0.25) is 0 Å². The molecule has 0 saturated heterocycles. The van der Waals surface area contributed by atoms with Crippen molar-refractivity contribution in [2.45, 2.75) is 87.5 Å². The third-order valence-electron chi connectivity index (χ3n) is 10.5. The van der Waals surface area contributed by atoms with E-state index in [0.29, 0.717) is 0 Å². The first kappa shape index (κ1) is 37.5. The smallest absolute Gasteiger partial charge is 0.118 e. The maximum absolute atomic E-state index is 5.63. The molecule has 0 heterocycles. The molecule has 0 spiro atoms. The molecule has 3 aromatic rings. The van der Waals surface area contributed by atoms with Crippen LogP contribution in [-0.2, 0) is 5.41 Å². The molecule has 0 fully saturated rings. The van der Waals surface area contributed by atoms with Gasteiger partial charge in [0, 0.05) is 0 Å². The van der Waals surface area contributed by atoms with E-state index in [9.17, 15) is 0 Å². The lowest BCUT2D eigenvalue weighted by Gasteiger charge is -2.35. The molecule has 5 rings (SSSR count). The van der Waals surface area contributed by atoms with Gasteiger partial charge < -0.3 is 9.47 Å². The molecule has 0 unspecified atom stereocenters. The second-order valence-corrected chi connectivity index (χ2v) is 14.6. The van der Waals surface area contributed by atoms with Crippen LogP contribution in [0.25, 0.3) is 11.1 Å². The summed E-state index contributed by atoms with van der Waals surface area (Å²) in [5.74, 6) is 1.69. The van der Waals surface area contributed by atoms with Crippen LogP contribution in [0, 0.1) is 10.8 Å². The molecule has 258 valence electrons. The van der Waals surface area contributed by atoms with Gasteiger partial charge in [0.1, 0.15) is 11.5 Å². The summed E-state index contributed by atoms with van der Waals surface area (Å²) >= 11 is 0. The van der Waals surface area contributed by atoms with E-state index < -0.39 is 5.41 Å². The molecular weight excluding hydrogens is 597 g/mol. The first-order chi connectivity index (χ1) is 23.3. The van der Waals surface area contributed by atoms with E-state index in [-0.39, 0.29) is 10.8 Å². The highest BCUT2D eigenvalue weighted by atomic mass is 16.5. The van der Waals surface area contributed by atoms with Gasteiger partial charge in [-0.25, -0.2) is 0 Å². The van der Waals surface area contributed by atoms with Crippen LogP contribution in [0.5, 0.6) is 11.5 Å². The number of allylic oxidation sites excluding steroid dienone is 11. The van der Waals surface area contributed by atoms with E-state index >= 15 is 0 Å². The Morgan fingerprint density at radius 2 is 1.39 bits per heavy atom. The van der Waals surface area contributed by atoms with E-state index in [2.05, 4.69) is 159 Å². The lowest BCUT2D eigenvalue weighted by atomic mass is 9.66. The van der Waals surface area contributed by atoms with Crippen molar-refractivity contribution in [1.29, 1.82) is 0 Å². The predicted molar refractivity (Wildman–Crippen MR) is 212 cm³/mol. The Morgan fingerprint density at radius 1 is 0.837 bits per heavy atom. The van der Waals surface area contributed by atoms with Crippen LogP contribution >= 0.6 is 0 Å². The number of methoxy groups -OCH3 is 2. The largest absolute Gasteiger partial charge is 0.497 e. The van der Waals surface area contributed by atoms with Crippen molar-refractivity contribution < 1.29 is 9.47 Å². The predicted octanol–water partition coefficient (Wildman–Crippen LogP) is 13.1. The van der Waals surface area contributed by atoms with Gasteiger partial charge in [0.15, 0.2) is 0 Å². The minimum Gasteiger partial charge on any atom is -0.497 e. The Bertz CT molecular complexity index is 1760. The molecule has 0 amide bonds. The highest BCUT2D eigenvalue weighted by Gasteiger charge is 2.49. The topological polar surface area (TPSA) is 18.5 Å². The molecule has 2 heteroatoms. The maximum Gasteiger partial charge on any atom is 0.118 e. The van der Waals surface area contributed by atoms with Gasteiger partial charge in [-0.1, -0.05) is 129 Å². The molecule has 0 bridgehead atoms. The minimum atomic E-state index is -0.568. The molecule has 0 saturated carbocycles. The molecule has 0 N–H and O–H groups in total. The van der Waals surface area contributed by atoms with Crippen LogP contribution in [0.3, 0.4) is 0 Å². The van der Waals surface area contributed by atoms with Gasteiger partial charge in [0.05, 0.1) is 19.6 Å². The zero-order valence-electron chi connectivity index (χ0n) is 32.2. The number of ether oxygens (including phenoxy) is 2. The van der Waals surface area contributed by atoms with Crippen molar-refractivity contribution in [3.05, 3.63) is 154 Å². The Balaban J connectivity index is 0.00000265. The van der Waals surface area contributed by atoms with Gasteiger partial charge in [0.25, 0.3) is 0 Å². The monoisotopic (exact) mass is 654 g/mol. The summed E-state index contributed by atoms with van der Waals surface area (Å²) in [6.07, 6.45) is 13.8. The molecule has 3 aromatic carbocycles. The fourth-order valence-electron chi connectivity index (χ4n) is 7.11. The standard InChI is InChI=1S/C45H52O2.C2H6/c1-12-33(44(8,9)13-2)27-30(3)31(4)32-17-26-40-39-16-14-15-36(43(5,6)7)29-42(39)45(41(40)28-32,34-18-22-37(46-10)23-19-34)35-20-24-38(47-11)25-21-35;1-2/h12,15-29H,4,13-14H2,1-3,5-11H3;1-2H3/b30-27-,33-12-;. The number of rotatable bonds is 9. The van der Waals surface area contributed by atoms with E-state index in [1.54, 1.807) is 14.2 Å². The van der Waals surface area contributed by atoms with Crippen molar-refractivity contribution in [1.82, 2.24) is 0 Å². The Morgan fingerprint density at radius 3 is 1.86 bits per heavy atom. The maximum atomic E-state index is 5.63. The molecule has 2 nitrogen and oxygen atoms in total. The van der Waals surface area contributed by atoms with Gasteiger partial charge in [-0.15, -0.1) is 0 Å². The molecule has 2 aliphatic rings. The van der Waals surface area contributed by atoms with E-state index in [0.717, 1.165) is 35.5 Å². The Labute approximate surface area is 297 Å². The molecule has 49 heavy (non-hydrogen) atoms. The summed E-state index contributed by atoms with van der Waals surface area (Å²) in [5.41, 5.74) is 13.1. The fourth-order valence-corrected chi connectivity index (χ4v) is 7.11. The van der Waals surface area contributed by atoms with Gasteiger partial charge in [0.2, 0.25) is 0 Å². The Kier molecular flexibility index (Phi) is 11.5. The molecule has 0 aromatic heterocycles. The van der Waals surface area contributed by atoms with Crippen molar-refractivity contribution >= 4 is 11.1 Å². The number of fused-ring (bicyclic) bond motifs is 3. The van der Waals surface area contributed by atoms with Crippen molar-refractivity contribution in [2.24, 2.45) is 10.8 Å². The number of hydrogen-bond acceptors (Lipinski definition) is 2. The summed E-state index contributed by atoms with van der Waals surface area (Å²) in [4.78, 5) is 0. The summed E-state index contributed by atoms with van der Waals surface area (Å²) in [6.45, 7) is 26.8. The summed E-state index contributed by atoms with van der Waals surface area (Å²) < 4.78 is 11.3. The van der Waals surface area contributed by atoms with Crippen LogP contribution in [0.15, 0.2) is 126 Å². The normalized spacial score (nSPS) is 15.8. The summed E-state index contributed by atoms with van der Waals surface area (Å²) in [5, 5.41) is 0. The zero-order chi connectivity index (χ0) is 36.1. The van der Waals surface area contributed by atoms with Crippen molar-refractivity contribution in [3.8, 4) is 11.5 Å². The number of hydrogen-bond donors (Lipinski definition) is 0. The zero-order valence-corrected chi connectivity index (χ0v) is 32.2. The van der Waals surface area contributed by atoms with Gasteiger partial charge in [-0.2, -0.15) is 0 Å². The highest BCUT2D eigenvalue weighted by molar-refractivity contribution is 5.96. The van der Waals surface area contributed by atoms with E-state index in [4.69, 9.17) is 9.47 Å². The highest BCUT2D eigenvalue weighted by Crippen LogP contribution is 2.59. The van der Waals surface area contributed by atoms with E-state index in [1.165, 1.54) is 50.1 Å². The van der Waals surface area contributed by atoms with Crippen molar-refractivity contribution in [3.63, 3.8) is 0 Å². The van der Waals surface area contributed by atoms with Crippen LogP contribution in [0.4, 0.5) is 0 Å². The van der Waals surface area contributed by atoms with Crippen molar-refractivity contribution in [2.75, 3.05) is 14.2 Å². The average Bonchev–Trinajstić information content (AvgIpc) is 3.21. The fraction of sp³-hybridized carbons (Fsp3) is 0.362. The first-order valence-electron chi connectivity index (χ1n) is 17.9. The molecule has 0 aliphatic heterocycles. The third kappa shape index (κ3) is 7.07. The first-order valence-corrected chi connectivity index (χ1v) is 17.9. The lowest BCUT2D eigenvalue weighted by molar-refractivity contribution is 0.414. The second-order valence-electron chi connectivity index (χ2n) is 14.6. The number of benzene rings is 3. The summed E-state index contributed by atoms with van der Waals surface area (Å²) in [7, 11) is 3.45. The average molecular weight is 655 g/mol. The van der Waals surface area contributed by atoms with Crippen LogP contribution in [-0.4, -0.2) is 14.2 Å². The summed E-state index contributed by atoms with van der Waals surface area (Å²) in [6, 6.07) is 24.3. The van der Waals surface area contributed by atoms with Gasteiger partial charge in [-0.3, -0.25) is 0 Å².